The fourth-order valence-corrected chi connectivity index (χ4v) is 2.99. The second-order valence-electron chi connectivity index (χ2n) is 6.38. The predicted molar refractivity (Wildman–Crippen MR) is 111 cm³/mol. The monoisotopic (exact) mass is 413 g/mol. The van der Waals surface area contributed by atoms with Crippen LogP contribution in [-0.4, -0.2) is 35.9 Å². The minimum Gasteiger partial charge on any atom is -0.490 e. The molecule has 1 aliphatic heterocycles. The number of ether oxygens (including phenoxy) is 2. The zero-order valence-electron chi connectivity index (χ0n) is 15.6. The number of benzene rings is 2. The van der Waals surface area contributed by atoms with Gasteiger partial charge in [0.05, 0.1) is 19.8 Å². The van der Waals surface area contributed by atoms with E-state index in [2.05, 4.69) is 20.4 Å². The molecule has 0 fully saturated rings. The van der Waals surface area contributed by atoms with Crippen LogP contribution in [0, 0.1) is 0 Å². The van der Waals surface area contributed by atoms with Crippen LogP contribution in [0.1, 0.15) is 12.3 Å². The number of aromatic nitrogens is 2. The van der Waals surface area contributed by atoms with Crippen LogP contribution in [0.2, 0.25) is 5.02 Å². The molecule has 1 aliphatic rings. The number of hydrogen-bond donors (Lipinski definition) is 2. The second-order valence-corrected chi connectivity index (χ2v) is 6.81. The summed E-state index contributed by atoms with van der Waals surface area (Å²) < 4.78 is 16.6. The first-order valence-corrected chi connectivity index (χ1v) is 9.60. The fourth-order valence-electron chi connectivity index (χ4n) is 2.80. The largest absolute Gasteiger partial charge is 0.490 e. The second kappa shape index (κ2) is 8.83. The first kappa shape index (κ1) is 19.1. The van der Waals surface area contributed by atoms with Gasteiger partial charge in [-0.2, -0.15) is 4.98 Å². The van der Waals surface area contributed by atoms with Gasteiger partial charge in [0.15, 0.2) is 17.5 Å². The van der Waals surface area contributed by atoms with Crippen molar-refractivity contribution in [3.63, 3.8) is 0 Å². The number of nitrogens with two attached hydrogens (primary N) is 1. The molecule has 0 bridgehead atoms. The van der Waals surface area contributed by atoms with Crippen molar-refractivity contribution in [2.45, 2.75) is 12.8 Å². The van der Waals surface area contributed by atoms with Crippen molar-refractivity contribution in [3.8, 4) is 22.9 Å². The first-order chi connectivity index (χ1) is 14.2. The van der Waals surface area contributed by atoms with Crippen molar-refractivity contribution in [2.24, 2.45) is 10.7 Å². The summed E-state index contributed by atoms with van der Waals surface area (Å²) in [6, 6.07) is 12.8. The quantitative estimate of drug-likeness (QED) is 0.486. The zero-order valence-corrected chi connectivity index (χ0v) is 16.4. The molecule has 2 heterocycles. The maximum absolute atomic E-state index is 5.99. The van der Waals surface area contributed by atoms with E-state index in [0.717, 1.165) is 23.4 Å². The standard InChI is InChI=1S/C20H20ClN5O3/c21-14-4-1-3-13(11-14)19-25-18(29-26-19)7-8-23-20(22)24-15-5-6-16-17(12-15)28-10-2-9-27-16/h1,3-6,11-12H,2,7-10H2,(H3,22,23,24). The summed E-state index contributed by atoms with van der Waals surface area (Å²) >= 11 is 5.99. The number of halogens is 1. The Labute approximate surface area is 172 Å². The Kier molecular flexibility index (Phi) is 5.81. The van der Waals surface area contributed by atoms with Crippen LogP contribution in [0.3, 0.4) is 0 Å². The molecule has 0 radical (unpaired) electrons. The molecule has 9 heteroatoms. The van der Waals surface area contributed by atoms with E-state index < -0.39 is 0 Å². The molecule has 4 rings (SSSR count). The maximum Gasteiger partial charge on any atom is 0.228 e. The van der Waals surface area contributed by atoms with Gasteiger partial charge >= 0.3 is 0 Å². The lowest BCUT2D eigenvalue weighted by atomic mass is 10.2. The van der Waals surface area contributed by atoms with Crippen molar-refractivity contribution in [1.82, 2.24) is 10.1 Å². The van der Waals surface area contributed by atoms with Crippen LogP contribution in [-0.2, 0) is 6.42 Å². The Bertz CT molecular complexity index is 1020. The van der Waals surface area contributed by atoms with Crippen LogP contribution < -0.4 is 20.5 Å². The maximum atomic E-state index is 5.99. The lowest BCUT2D eigenvalue weighted by Gasteiger charge is -2.10. The number of aliphatic imine (C=N–C) groups is 1. The average Bonchev–Trinajstić information content (AvgIpc) is 3.06. The highest BCUT2D eigenvalue weighted by Crippen LogP contribution is 2.32. The predicted octanol–water partition coefficient (Wildman–Crippen LogP) is 3.52. The number of rotatable bonds is 5. The molecular formula is C20H20ClN5O3. The summed E-state index contributed by atoms with van der Waals surface area (Å²) in [5, 5.41) is 7.64. The van der Waals surface area contributed by atoms with Crippen LogP contribution in [0.4, 0.5) is 5.69 Å². The van der Waals surface area contributed by atoms with Gasteiger partial charge in [-0.25, -0.2) is 0 Å². The molecular weight excluding hydrogens is 394 g/mol. The molecule has 0 amide bonds. The summed E-state index contributed by atoms with van der Waals surface area (Å²) in [5.41, 5.74) is 7.55. The van der Waals surface area contributed by atoms with E-state index in [1.165, 1.54) is 0 Å². The molecule has 0 spiro atoms. The van der Waals surface area contributed by atoms with Gasteiger partial charge < -0.3 is 25.0 Å². The molecule has 0 saturated heterocycles. The van der Waals surface area contributed by atoms with Crippen LogP contribution in [0.5, 0.6) is 11.5 Å². The molecule has 0 aliphatic carbocycles. The minimum absolute atomic E-state index is 0.286. The van der Waals surface area contributed by atoms with E-state index in [4.69, 9.17) is 31.3 Å². The van der Waals surface area contributed by atoms with Gasteiger partial charge in [0.25, 0.3) is 0 Å². The molecule has 150 valence electrons. The minimum atomic E-state index is 0.286. The smallest absolute Gasteiger partial charge is 0.228 e. The molecule has 0 unspecified atom stereocenters. The van der Waals surface area contributed by atoms with Crippen LogP contribution in [0.15, 0.2) is 52.0 Å². The summed E-state index contributed by atoms with van der Waals surface area (Å²) in [6.07, 6.45) is 1.33. The summed E-state index contributed by atoms with van der Waals surface area (Å²) in [5.74, 6) is 2.68. The Balaban J connectivity index is 1.33. The number of guanidine groups is 1. The first-order valence-electron chi connectivity index (χ1n) is 9.22. The van der Waals surface area contributed by atoms with Crippen LogP contribution in [0.25, 0.3) is 11.4 Å². The summed E-state index contributed by atoms with van der Waals surface area (Å²) in [4.78, 5) is 8.67. The third kappa shape index (κ3) is 4.97. The highest BCUT2D eigenvalue weighted by atomic mass is 35.5. The molecule has 3 aromatic rings. The molecule has 0 atom stereocenters. The van der Waals surface area contributed by atoms with Crippen molar-refractivity contribution in [1.29, 1.82) is 0 Å². The van der Waals surface area contributed by atoms with Gasteiger partial charge in [-0.3, -0.25) is 4.99 Å². The van der Waals surface area contributed by atoms with Crippen molar-refractivity contribution in [3.05, 3.63) is 53.4 Å². The van der Waals surface area contributed by atoms with Crippen LogP contribution >= 0.6 is 11.6 Å². The van der Waals surface area contributed by atoms with Gasteiger partial charge in [-0.15, -0.1) is 0 Å². The average molecular weight is 414 g/mol. The third-order valence-corrected chi connectivity index (χ3v) is 4.41. The fraction of sp³-hybridized carbons (Fsp3) is 0.250. The van der Waals surface area contributed by atoms with E-state index in [1.54, 1.807) is 12.1 Å². The summed E-state index contributed by atoms with van der Waals surface area (Å²) in [6.45, 7) is 1.68. The molecule has 0 saturated carbocycles. The lowest BCUT2D eigenvalue weighted by Crippen LogP contribution is -2.23. The van der Waals surface area contributed by atoms with Gasteiger partial charge in [0.2, 0.25) is 11.7 Å². The van der Waals surface area contributed by atoms with E-state index in [9.17, 15) is 0 Å². The number of fused-ring (bicyclic) bond motifs is 1. The van der Waals surface area contributed by atoms with E-state index in [0.29, 0.717) is 48.7 Å². The lowest BCUT2D eigenvalue weighted by molar-refractivity contribution is 0.297. The van der Waals surface area contributed by atoms with E-state index in [-0.39, 0.29) is 5.96 Å². The zero-order chi connectivity index (χ0) is 20.1. The Morgan fingerprint density at radius 1 is 1.14 bits per heavy atom. The third-order valence-electron chi connectivity index (χ3n) is 4.18. The number of anilines is 1. The highest BCUT2D eigenvalue weighted by Gasteiger charge is 2.11. The molecule has 8 nitrogen and oxygen atoms in total. The van der Waals surface area contributed by atoms with Gasteiger partial charge in [0, 0.05) is 35.2 Å². The molecule has 1 aromatic heterocycles. The van der Waals surface area contributed by atoms with E-state index >= 15 is 0 Å². The Morgan fingerprint density at radius 2 is 2.00 bits per heavy atom. The number of nitrogens with zero attached hydrogens (tertiary/aromatic N) is 3. The Hall–Kier alpha value is -3.26. The SMILES string of the molecule is NC(=NCCc1nc(-c2cccc(Cl)c2)no1)Nc1ccc2c(c1)OCCCO2. The highest BCUT2D eigenvalue weighted by molar-refractivity contribution is 6.30. The molecule has 2 aromatic carbocycles. The van der Waals surface area contributed by atoms with Gasteiger partial charge in [-0.05, 0) is 24.3 Å². The molecule has 3 N–H and O–H groups in total. The van der Waals surface area contributed by atoms with Gasteiger partial charge in [0.1, 0.15) is 0 Å². The Morgan fingerprint density at radius 3 is 2.86 bits per heavy atom. The summed E-state index contributed by atoms with van der Waals surface area (Å²) in [7, 11) is 0. The van der Waals surface area contributed by atoms with Crippen molar-refractivity contribution < 1.29 is 14.0 Å². The molecule has 29 heavy (non-hydrogen) atoms. The number of hydrogen-bond acceptors (Lipinski definition) is 6. The van der Waals surface area contributed by atoms with Crippen molar-refractivity contribution in [2.75, 3.05) is 25.1 Å². The number of nitrogens with one attached hydrogen (secondary N) is 1. The van der Waals surface area contributed by atoms with E-state index in [1.807, 2.05) is 30.3 Å². The normalized spacial score (nSPS) is 13.8. The topological polar surface area (TPSA) is 108 Å². The van der Waals surface area contributed by atoms with Crippen molar-refractivity contribution >= 4 is 23.2 Å². The van der Waals surface area contributed by atoms with Gasteiger partial charge in [-0.1, -0.05) is 28.9 Å².